The normalized spacial score (nSPS) is 17.6. The second-order valence-electron chi connectivity index (χ2n) is 3.96. The first-order valence-electron chi connectivity index (χ1n) is 5.72. The monoisotopic (exact) mass is 236 g/mol. The number of ether oxygens (including phenoxy) is 3. The van der Waals surface area contributed by atoms with Gasteiger partial charge in [-0.15, -0.1) is 0 Å². The number of carbonyl (C=O) groups excluding carboxylic acids is 1. The average Bonchev–Trinajstić information content (AvgIpc) is 3.18. The fourth-order valence-electron chi connectivity index (χ4n) is 1.54. The van der Waals surface area contributed by atoms with Crippen LogP contribution in [0.15, 0.2) is 24.3 Å². The summed E-state index contributed by atoms with van der Waals surface area (Å²) in [5, 5.41) is 0. The van der Waals surface area contributed by atoms with Crippen molar-refractivity contribution < 1.29 is 19.0 Å². The molecule has 1 fully saturated rings. The molecule has 4 heteroatoms. The number of benzene rings is 1. The van der Waals surface area contributed by atoms with Crippen LogP contribution < -0.4 is 4.74 Å². The van der Waals surface area contributed by atoms with Gasteiger partial charge in [-0.05, 0) is 37.1 Å². The van der Waals surface area contributed by atoms with Crippen LogP contribution in [0, 0.1) is 0 Å². The zero-order valence-electron chi connectivity index (χ0n) is 9.85. The molecule has 92 valence electrons. The lowest BCUT2D eigenvalue weighted by Gasteiger charge is -2.06. The maximum Gasteiger partial charge on any atom is 0.337 e. The van der Waals surface area contributed by atoms with Gasteiger partial charge in [0, 0.05) is 0 Å². The highest BCUT2D eigenvalue weighted by atomic mass is 16.6. The summed E-state index contributed by atoms with van der Waals surface area (Å²) in [4.78, 5) is 11.2. The number of epoxide rings is 1. The van der Waals surface area contributed by atoms with Crippen LogP contribution in [0.2, 0.25) is 0 Å². The topological polar surface area (TPSA) is 48.1 Å². The third-order valence-electron chi connectivity index (χ3n) is 2.62. The van der Waals surface area contributed by atoms with E-state index in [1.165, 1.54) is 7.11 Å². The molecule has 0 spiro atoms. The highest BCUT2D eigenvalue weighted by molar-refractivity contribution is 5.89. The van der Waals surface area contributed by atoms with E-state index >= 15 is 0 Å². The Hall–Kier alpha value is -1.55. The van der Waals surface area contributed by atoms with Crippen LogP contribution in [0.4, 0.5) is 0 Å². The Kier molecular flexibility index (Phi) is 3.98. The summed E-state index contributed by atoms with van der Waals surface area (Å²) in [6.45, 7) is 1.57. The average molecular weight is 236 g/mol. The van der Waals surface area contributed by atoms with Crippen LogP contribution in [0.5, 0.6) is 5.75 Å². The number of hydrogen-bond donors (Lipinski definition) is 0. The van der Waals surface area contributed by atoms with E-state index < -0.39 is 0 Å². The molecule has 0 aromatic heterocycles. The van der Waals surface area contributed by atoms with E-state index in [4.69, 9.17) is 9.47 Å². The van der Waals surface area contributed by atoms with Gasteiger partial charge in [0.05, 0.1) is 32.0 Å². The molecule has 4 nitrogen and oxygen atoms in total. The summed E-state index contributed by atoms with van der Waals surface area (Å²) in [5.41, 5.74) is 0.534. The predicted octanol–water partition coefficient (Wildman–Crippen LogP) is 2.03. The molecule has 1 aromatic carbocycles. The molecule has 17 heavy (non-hydrogen) atoms. The molecule has 1 atom stereocenters. The van der Waals surface area contributed by atoms with Crippen LogP contribution in [0.3, 0.4) is 0 Å². The van der Waals surface area contributed by atoms with Gasteiger partial charge in [-0.1, -0.05) is 0 Å². The van der Waals surface area contributed by atoms with E-state index in [9.17, 15) is 4.79 Å². The zero-order chi connectivity index (χ0) is 12.1. The van der Waals surface area contributed by atoms with Gasteiger partial charge >= 0.3 is 5.97 Å². The fraction of sp³-hybridized carbons (Fsp3) is 0.462. The lowest BCUT2D eigenvalue weighted by molar-refractivity contribution is 0.0600. The Bertz CT molecular complexity index is 368. The van der Waals surface area contributed by atoms with Crippen molar-refractivity contribution in [3.8, 4) is 5.75 Å². The van der Waals surface area contributed by atoms with E-state index in [-0.39, 0.29) is 5.97 Å². The molecule has 0 radical (unpaired) electrons. The Morgan fingerprint density at radius 1 is 1.41 bits per heavy atom. The number of rotatable bonds is 6. The van der Waals surface area contributed by atoms with Gasteiger partial charge < -0.3 is 14.2 Å². The third kappa shape index (κ3) is 3.75. The second-order valence-corrected chi connectivity index (χ2v) is 3.96. The van der Waals surface area contributed by atoms with Gasteiger partial charge in [0.25, 0.3) is 0 Å². The minimum absolute atomic E-state index is 0.331. The molecule has 0 bridgehead atoms. The molecule has 1 aliphatic heterocycles. The predicted molar refractivity (Wildman–Crippen MR) is 62.3 cm³/mol. The van der Waals surface area contributed by atoms with E-state index in [2.05, 4.69) is 4.74 Å². The highest BCUT2D eigenvalue weighted by Gasteiger charge is 2.21. The van der Waals surface area contributed by atoms with Crippen molar-refractivity contribution in [2.45, 2.75) is 18.9 Å². The fourth-order valence-corrected chi connectivity index (χ4v) is 1.54. The van der Waals surface area contributed by atoms with Gasteiger partial charge in [-0.25, -0.2) is 4.79 Å². The molecule has 0 amide bonds. The molecular formula is C13H16O4. The molecule has 0 saturated carbocycles. The summed E-state index contributed by atoms with van der Waals surface area (Å²) >= 11 is 0. The van der Waals surface area contributed by atoms with E-state index in [1.807, 2.05) is 0 Å². The summed E-state index contributed by atoms with van der Waals surface area (Å²) < 4.78 is 15.3. The van der Waals surface area contributed by atoms with Crippen LogP contribution in [0.1, 0.15) is 23.2 Å². The van der Waals surface area contributed by atoms with Crippen molar-refractivity contribution in [1.29, 1.82) is 0 Å². The lowest BCUT2D eigenvalue weighted by Crippen LogP contribution is -2.02. The molecule has 0 N–H and O–H groups in total. The van der Waals surface area contributed by atoms with Crippen LogP contribution in [0.25, 0.3) is 0 Å². The molecule has 1 heterocycles. The Balaban J connectivity index is 1.74. The molecular weight excluding hydrogens is 220 g/mol. The number of methoxy groups -OCH3 is 1. The van der Waals surface area contributed by atoms with Crippen molar-refractivity contribution in [1.82, 2.24) is 0 Å². The molecule has 1 saturated heterocycles. The minimum Gasteiger partial charge on any atom is -0.494 e. The van der Waals surface area contributed by atoms with Crippen molar-refractivity contribution in [3.05, 3.63) is 29.8 Å². The highest BCUT2D eigenvalue weighted by Crippen LogP contribution is 2.17. The summed E-state index contributed by atoms with van der Waals surface area (Å²) in [6.07, 6.45) is 2.50. The van der Waals surface area contributed by atoms with Crippen molar-refractivity contribution >= 4 is 5.97 Å². The van der Waals surface area contributed by atoms with Gasteiger partial charge in [0.2, 0.25) is 0 Å². The Morgan fingerprint density at radius 2 is 2.12 bits per heavy atom. The first kappa shape index (κ1) is 11.9. The van der Waals surface area contributed by atoms with Crippen molar-refractivity contribution in [3.63, 3.8) is 0 Å². The second kappa shape index (κ2) is 5.68. The van der Waals surface area contributed by atoms with Gasteiger partial charge in [-0.3, -0.25) is 0 Å². The Morgan fingerprint density at radius 3 is 2.71 bits per heavy atom. The van der Waals surface area contributed by atoms with E-state index in [0.717, 1.165) is 25.2 Å². The molecule has 2 rings (SSSR count). The SMILES string of the molecule is COC(=O)c1ccc(OCCCC2CO2)cc1. The molecule has 1 aliphatic rings. The smallest absolute Gasteiger partial charge is 0.337 e. The van der Waals surface area contributed by atoms with Gasteiger partial charge in [0.1, 0.15) is 5.75 Å². The standard InChI is InChI=1S/C13H16O4/c1-15-13(14)10-4-6-11(7-5-10)16-8-2-3-12-9-17-12/h4-7,12H,2-3,8-9H2,1H3. The molecule has 1 aromatic rings. The number of carbonyl (C=O) groups is 1. The summed E-state index contributed by atoms with van der Waals surface area (Å²) in [7, 11) is 1.37. The van der Waals surface area contributed by atoms with Crippen molar-refractivity contribution in [2.75, 3.05) is 20.3 Å². The first-order chi connectivity index (χ1) is 8.29. The maximum absolute atomic E-state index is 11.2. The zero-order valence-corrected chi connectivity index (χ0v) is 9.85. The minimum atomic E-state index is -0.331. The third-order valence-corrected chi connectivity index (χ3v) is 2.62. The maximum atomic E-state index is 11.2. The van der Waals surface area contributed by atoms with E-state index in [1.54, 1.807) is 24.3 Å². The van der Waals surface area contributed by atoms with Crippen LogP contribution >= 0.6 is 0 Å². The van der Waals surface area contributed by atoms with Crippen molar-refractivity contribution in [2.24, 2.45) is 0 Å². The van der Waals surface area contributed by atoms with Crippen LogP contribution in [-0.2, 0) is 9.47 Å². The van der Waals surface area contributed by atoms with E-state index in [0.29, 0.717) is 18.3 Å². The number of hydrogen-bond acceptors (Lipinski definition) is 4. The first-order valence-corrected chi connectivity index (χ1v) is 5.72. The molecule has 1 unspecified atom stereocenters. The number of esters is 1. The largest absolute Gasteiger partial charge is 0.494 e. The summed E-state index contributed by atoms with van der Waals surface area (Å²) in [6, 6.07) is 6.95. The van der Waals surface area contributed by atoms with Crippen LogP contribution in [-0.4, -0.2) is 32.4 Å². The van der Waals surface area contributed by atoms with Gasteiger partial charge in [0.15, 0.2) is 0 Å². The molecule has 0 aliphatic carbocycles. The summed E-state index contributed by atoms with van der Waals surface area (Å²) in [5.74, 6) is 0.441. The quantitative estimate of drug-likeness (QED) is 0.431. The van der Waals surface area contributed by atoms with Gasteiger partial charge in [-0.2, -0.15) is 0 Å². The lowest BCUT2D eigenvalue weighted by atomic mass is 10.2. The Labute approximate surface area is 100 Å².